The number of benzene rings is 3. The molecule has 0 atom stereocenters. The van der Waals surface area contributed by atoms with Crippen molar-refractivity contribution in [1.82, 2.24) is 20.2 Å². The third-order valence-corrected chi connectivity index (χ3v) is 6.37. The average Bonchev–Trinajstić information content (AvgIpc) is 3.32. The van der Waals surface area contributed by atoms with Crippen LogP contribution in [0.1, 0.15) is 11.1 Å². The Morgan fingerprint density at radius 2 is 1.81 bits per heavy atom. The molecule has 1 aromatic heterocycles. The molecule has 0 fully saturated rings. The Morgan fingerprint density at radius 3 is 2.50 bits per heavy atom. The van der Waals surface area contributed by atoms with E-state index in [1.807, 2.05) is 47.9 Å². The number of carbonyl (C=O) groups is 1. The quantitative estimate of drug-likeness (QED) is 0.186. The molecule has 0 aliphatic rings. The average molecular weight is 522 g/mol. The topological polar surface area (TPSA) is 90.6 Å². The lowest BCUT2D eigenvalue weighted by Gasteiger charge is -2.10. The van der Waals surface area contributed by atoms with E-state index in [1.54, 1.807) is 44.6 Å². The summed E-state index contributed by atoms with van der Waals surface area (Å²) in [6.45, 7) is 2.03. The van der Waals surface area contributed by atoms with Crippen LogP contribution in [0.25, 0.3) is 17.1 Å². The van der Waals surface area contributed by atoms with E-state index in [0.717, 1.165) is 16.8 Å². The molecule has 0 aliphatic heterocycles. The van der Waals surface area contributed by atoms with Crippen molar-refractivity contribution in [2.24, 2.45) is 5.10 Å². The Bertz CT molecular complexity index is 1370. The first-order valence-electron chi connectivity index (χ1n) is 10.9. The van der Waals surface area contributed by atoms with Crippen molar-refractivity contribution < 1.29 is 14.3 Å². The maximum atomic E-state index is 12.5. The first kappa shape index (κ1) is 25.3. The highest BCUT2D eigenvalue weighted by Crippen LogP contribution is 2.29. The summed E-state index contributed by atoms with van der Waals surface area (Å²) in [4.78, 5) is 12.5. The van der Waals surface area contributed by atoms with E-state index in [2.05, 4.69) is 20.7 Å². The standard InChI is InChI=1S/C26H24ClN5O3S/c1-17-4-6-18(7-5-17)25-30-31-26(32(25)21-10-8-20(27)9-11-21)36-16-24(33)29-28-15-19-14-22(34-2)12-13-23(19)35-3/h4-15H,16H2,1-3H3,(H,29,33). The van der Waals surface area contributed by atoms with Gasteiger partial charge in [-0.15, -0.1) is 10.2 Å². The normalized spacial score (nSPS) is 11.0. The molecular weight excluding hydrogens is 498 g/mol. The maximum absolute atomic E-state index is 12.5. The Morgan fingerprint density at radius 1 is 1.06 bits per heavy atom. The molecule has 0 saturated heterocycles. The Hall–Kier alpha value is -3.82. The molecule has 4 rings (SSSR count). The molecule has 0 saturated carbocycles. The molecule has 4 aromatic rings. The first-order chi connectivity index (χ1) is 17.5. The molecule has 0 radical (unpaired) electrons. The van der Waals surface area contributed by atoms with E-state index in [-0.39, 0.29) is 11.7 Å². The lowest BCUT2D eigenvalue weighted by molar-refractivity contribution is -0.118. The van der Waals surface area contributed by atoms with Crippen LogP contribution in [-0.2, 0) is 4.79 Å². The molecule has 1 amide bonds. The minimum Gasteiger partial charge on any atom is -0.497 e. The van der Waals surface area contributed by atoms with Gasteiger partial charge in [-0.05, 0) is 49.4 Å². The first-order valence-corrected chi connectivity index (χ1v) is 12.3. The van der Waals surface area contributed by atoms with Crippen molar-refractivity contribution in [3.63, 3.8) is 0 Å². The molecule has 10 heteroatoms. The number of thioether (sulfide) groups is 1. The second-order valence-electron chi connectivity index (χ2n) is 7.67. The summed E-state index contributed by atoms with van der Waals surface area (Å²) in [5, 5.41) is 14.0. The van der Waals surface area contributed by atoms with Crippen molar-refractivity contribution in [3.8, 4) is 28.6 Å². The second-order valence-corrected chi connectivity index (χ2v) is 9.05. The van der Waals surface area contributed by atoms with Crippen molar-refractivity contribution in [3.05, 3.63) is 82.9 Å². The van der Waals surface area contributed by atoms with Gasteiger partial charge in [-0.3, -0.25) is 9.36 Å². The fourth-order valence-corrected chi connectivity index (χ4v) is 4.22. The summed E-state index contributed by atoms with van der Waals surface area (Å²) < 4.78 is 12.5. The van der Waals surface area contributed by atoms with Gasteiger partial charge in [0.15, 0.2) is 11.0 Å². The zero-order chi connectivity index (χ0) is 25.5. The van der Waals surface area contributed by atoms with E-state index in [4.69, 9.17) is 21.1 Å². The van der Waals surface area contributed by atoms with Crippen LogP contribution in [-0.4, -0.2) is 46.9 Å². The van der Waals surface area contributed by atoms with Gasteiger partial charge >= 0.3 is 0 Å². The number of rotatable bonds is 9. The van der Waals surface area contributed by atoms with E-state index in [9.17, 15) is 4.79 Å². The van der Waals surface area contributed by atoms with Crippen LogP contribution in [0, 0.1) is 6.92 Å². The minimum atomic E-state index is -0.291. The van der Waals surface area contributed by atoms with Crippen molar-refractivity contribution in [2.45, 2.75) is 12.1 Å². The van der Waals surface area contributed by atoms with Gasteiger partial charge in [0.1, 0.15) is 11.5 Å². The zero-order valence-electron chi connectivity index (χ0n) is 19.9. The van der Waals surface area contributed by atoms with Gasteiger partial charge in [0.25, 0.3) is 5.91 Å². The van der Waals surface area contributed by atoms with Crippen LogP contribution in [0.15, 0.2) is 77.0 Å². The smallest absolute Gasteiger partial charge is 0.250 e. The summed E-state index contributed by atoms with van der Waals surface area (Å²) in [6, 6.07) is 20.7. The van der Waals surface area contributed by atoms with Gasteiger partial charge < -0.3 is 9.47 Å². The molecule has 36 heavy (non-hydrogen) atoms. The predicted molar refractivity (Wildman–Crippen MR) is 143 cm³/mol. The van der Waals surface area contributed by atoms with E-state index >= 15 is 0 Å². The number of ether oxygens (including phenoxy) is 2. The van der Waals surface area contributed by atoms with Crippen LogP contribution in [0.2, 0.25) is 5.02 Å². The van der Waals surface area contributed by atoms with Crippen LogP contribution < -0.4 is 14.9 Å². The largest absolute Gasteiger partial charge is 0.497 e. The van der Waals surface area contributed by atoms with Gasteiger partial charge in [0.05, 0.1) is 26.2 Å². The molecule has 1 heterocycles. The fraction of sp³-hybridized carbons (Fsp3) is 0.154. The van der Waals surface area contributed by atoms with Gasteiger partial charge in [-0.1, -0.05) is 53.2 Å². The van der Waals surface area contributed by atoms with Crippen molar-refractivity contribution in [1.29, 1.82) is 0 Å². The van der Waals surface area contributed by atoms with E-state index in [1.165, 1.54) is 18.0 Å². The highest BCUT2D eigenvalue weighted by molar-refractivity contribution is 7.99. The Kier molecular flexibility index (Phi) is 8.24. The SMILES string of the molecule is COc1ccc(OC)c(C=NNC(=O)CSc2nnc(-c3ccc(C)cc3)n2-c2ccc(Cl)cc2)c1. The highest BCUT2D eigenvalue weighted by Gasteiger charge is 2.17. The van der Waals surface area contributed by atoms with Gasteiger partial charge in [0.2, 0.25) is 0 Å². The monoisotopic (exact) mass is 521 g/mol. The van der Waals surface area contributed by atoms with E-state index in [0.29, 0.717) is 33.1 Å². The Balaban J connectivity index is 1.50. The summed E-state index contributed by atoms with van der Waals surface area (Å²) >= 11 is 7.35. The molecule has 0 unspecified atom stereocenters. The number of halogens is 1. The zero-order valence-corrected chi connectivity index (χ0v) is 21.5. The predicted octanol–water partition coefficient (Wildman–Crippen LogP) is 5.16. The maximum Gasteiger partial charge on any atom is 0.250 e. The van der Waals surface area contributed by atoms with Crippen molar-refractivity contribution in [2.75, 3.05) is 20.0 Å². The fourth-order valence-electron chi connectivity index (χ4n) is 3.35. The van der Waals surface area contributed by atoms with Gasteiger partial charge in [0, 0.05) is 21.8 Å². The van der Waals surface area contributed by atoms with E-state index < -0.39 is 0 Å². The highest BCUT2D eigenvalue weighted by atomic mass is 35.5. The molecule has 3 aromatic carbocycles. The molecule has 1 N–H and O–H groups in total. The summed E-state index contributed by atoms with van der Waals surface area (Å²) in [6.07, 6.45) is 1.51. The summed E-state index contributed by atoms with van der Waals surface area (Å²) in [5.74, 6) is 1.74. The lowest BCUT2D eigenvalue weighted by Crippen LogP contribution is -2.20. The number of carbonyl (C=O) groups excluding carboxylic acids is 1. The van der Waals surface area contributed by atoms with Crippen LogP contribution >= 0.6 is 23.4 Å². The molecule has 0 bridgehead atoms. The third-order valence-electron chi connectivity index (χ3n) is 5.19. The van der Waals surface area contributed by atoms with Crippen molar-refractivity contribution >= 4 is 35.5 Å². The third kappa shape index (κ3) is 6.05. The molecule has 0 aliphatic carbocycles. The number of nitrogens with one attached hydrogen (secondary N) is 1. The number of aromatic nitrogens is 3. The van der Waals surface area contributed by atoms with Crippen LogP contribution in [0.3, 0.4) is 0 Å². The summed E-state index contributed by atoms with van der Waals surface area (Å²) in [5.41, 5.74) is 6.12. The number of aryl methyl sites for hydroxylation is 1. The van der Waals surface area contributed by atoms with Crippen LogP contribution in [0.4, 0.5) is 0 Å². The minimum absolute atomic E-state index is 0.0895. The number of hydrazone groups is 1. The van der Waals surface area contributed by atoms with Gasteiger partial charge in [-0.2, -0.15) is 5.10 Å². The number of nitrogens with zero attached hydrogens (tertiary/aromatic N) is 4. The molecule has 184 valence electrons. The number of hydrogen-bond acceptors (Lipinski definition) is 7. The Labute approximate surface area is 218 Å². The molecular formula is C26H24ClN5O3S. The second kappa shape index (κ2) is 11.7. The number of hydrogen-bond donors (Lipinski definition) is 1. The van der Waals surface area contributed by atoms with Gasteiger partial charge in [-0.25, -0.2) is 5.43 Å². The molecule has 8 nitrogen and oxygen atoms in total. The number of amides is 1. The lowest BCUT2D eigenvalue weighted by atomic mass is 10.1. The summed E-state index contributed by atoms with van der Waals surface area (Å²) in [7, 11) is 3.14. The molecule has 0 spiro atoms. The van der Waals surface area contributed by atoms with Crippen LogP contribution in [0.5, 0.6) is 11.5 Å². The number of methoxy groups -OCH3 is 2.